The van der Waals surface area contributed by atoms with Gasteiger partial charge in [-0.1, -0.05) is 6.07 Å². The van der Waals surface area contributed by atoms with Crippen LogP contribution >= 0.6 is 11.8 Å². The zero-order chi connectivity index (χ0) is 16.8. The van der Waals surface area contributed by atoms with Gasteiger partial charge in [0.1, 0.15) is 5.25 Å². The van der Waals surface area contributed by atoms with Gasteiger partial charge in [-0.25, -0.2) is 4.79 Å². The third-order valence-corrected chi connectivity index (χ3v) is 4.61. The molecule has 8 heteroatoms. The van der Waals surface area contributed by atoms with Gasteiger partial charge in [0.25, 0.3) is 0 Å². The Balaban J connectivity index is 2.04. The Morgan fingerprint density at radius 2 is 2.17 bits per heavy atom. The molecule has 0 saturated carbocycles. The van der Waals surface area contributed by atoms with Gasteiger partial charge in [0.15, 0.2) is 18.1 Å². The number of aliphatic carboxylic acids is 1. The first kappa shape index (κ1) is 17.4. The van der Waals surface area contributed by atoms with E-state index in [1.165, 1.54) is 18.9 Å². The minimum Gasteiger partial charge on any atom is -0.493 e. The Hall–Kier alpha value is -1.93. The SMILES string of the molecule is CCOC(=O)COc1ccc([C@@H]2NC[C@@H](C(=O)O)S2)cc1OC. The zero-order valence-corrected chi connectivity index (χ0v) is 13.7. The first-order valence-electron chi connectivity index (χ1n) is 7.13. The molecule has 0 aliphatic carbocycles. The first-order valence-corrected chi connectivity index (χ1v) is 8.07. The number of ether oxygens (including phenoxy) is 3. The Morgan fingerprint density at radius 3 is 2.78 bits per heavy atom. The van der Waals surface area contributed by atoms with Crippen molar-refractivity contribution in [2.24, 2.45) is 0 Å². The van der Waals surface area contributed by atoms with Crippen LogP contribution in [0.1, 0.15) is 17.9 Å². The van der Waals surface area contributed by atoms with E-state index in [1.54, 1.807) is 19.1 Å². The van der Waals surface area contributed by atoms with Crippen molar-refractivity contribution in [2.45, 2.75) is 17.5 Å². The van der Waals surface area contributed by atoms with Gasteiger partial charge < -0.3 is 19.3 Å². The monoisotopic (exact) mass is 341 g/mol. The lowest BCUT2D eigenvalue weighted by molar-refractivity contribution is -0.145. The highest BCUT2D eigenvalue weighted by Gasteiger charge is 2.31. The Labute approximate surface area is 138 Å². The molecule has 0 radical (unpaired) electrons. The molecule has 2 rings (SSSR count). The molecule has 23 heavy (non-hydrogen) atoms. The van der Waals surface area contributed by atoms with Gasteiger partial charge in [-0.05, 0) is 24.6 Å². The molecule has 0 bridgehead atoms. The van der Waals surface area contributed by atoms with E-state index in [1.807, 2.05) is 6.07 Å². The van der Waals surface area contributed by atoms with Crippen LogP contribution in [0.25, 0.3) is 0 Å². The maximum atomic E-state index is 11.3. The highest BCUT2D eigenvalue weighted by Crippen LogP contribution is 2.38. The Morgan fingerprint density at radius 1 is 1.39 bits per heavy atom. The van der Waals surface area contributed by atoms with E-state index in [-0.39, 0.29) is 12.0 Å². The molecule has 1 aliphatic heterocycles. The van der Waals surface area contributed by atoms with Gasteiger partial charge in [-0.2, -0.15) is 0 Å². The third kappa shape index (κ3) is 4.52. The number of hydrogen-bond acceptors (Lipinski definition) is 7. The quantitative estimate of drug-likeness (QED) is 0.719. The van der Waals surface area contributed by atoms with Crippen LogP contribution in [-0.2, 0) is 14.3 Å². The normalized spacial score (nSPS) is 20.1. The van der Waals surface area contributed by atoms with Crippen LogP contribution in [0.2, 0.25) is 0 Å². The van der Waals surface area contributed by atoms with E-state index < -0.39 is 17.2 Å². The number of benzene rings is 1. The molecule has 1 aromatic carbocycles. The van der Waals surface area contributed by atoms with Gasteiger partial charge in [0.05, 0.1) is 19.1 Å². The molecule has 0 unspecified atom stereocenters. The van der Waals surface area contributed by atoms with Crippen molar-refractivity contribution in [2.75, 3.05) is 26.9 Å². The summed E-state index contributed by atoms with van der Waals surface area (Å²) in [4.78, 5) is 22.3. The highest BCUT2D eigenvalue weighted by molar-refractivity contribution is 8.01. The lowest BCUT2D eigenvalue weighted by Gasteiger charge is -2.15. The lowest BCUT2D eigenvalue weighted by Crippen LogP contribution is -2.21. The van der Waals surface area contributed by atoms with Crippen molar-refractivity contribution in [3.63, 3.8) is 0 Å². The number of nitrogens with one attached hydrogen (secondary N) is 1. The minimum atomic E-state index is -0.827. The second-order valence-electron chi connectivity index (χ2n) is 4.76. The number of carbonyl (C=O) groups is 2. The van der Waals surface area contributed by atoms with Gasteiger partial charge in [-0.15, -0.1) is 11.8 Å². The van der Waals surface area contributed by atoms with E-state index in [0.29, 0.717) is 24.7 Å². The number of methoxy groups -OCH3 is 1. The summed E-state index contributed by atoms with van der Waals surface area (Å²) in [6.07, 6.45) is 0. The van der Waals surface area contributed by atoms with E-state index in [9.17, 15) is 9.59 Å². The molecule has 1 fully saturated rings. The summed E-state index contributed by atoms with van der Waals surface area (Å²) in [5.41, 5.74) is 0.888. The van der Waals surface area contributed by atoms with Gasteiger partial charge in [0, 0.05) is 6.54 Å². The summed E-state index contributed by atoms with van der Waals surface area (Å²) >= 11 is 1.34. The fraction of sp³-hybridized carbons (Fsp3) is 0.467. The number of carboxylic acid groups (broad SMARTS) is 1. The Bertz CT molecular complexity index is 579. The smallest absolute Gasteiger partial charge is 0.344 e. The third-order valence-electron chi connectivity index (χ3n) is 3.21. The molecule has 2 N–H and O–H groups in total. The summed E-state index contributed by atoms with van der Waals surface area (Å²) < 4.78 is 15.5. The predicted octanol–water partition coefficient (Wildman–Crippen LogP) is 1.43. The molecule has 1 aromatic rings. The maximum Gasteiger partial charge on any atom is 0.344 e. The molecule has 1 heterocycles. The maximum absolute atomic E-state index is 11.3. The van der Waals surface area contributed by atoms with Crippen LogP contribution in [0.4, 0.5) is 0 Å². The number of hydrogen-bond donors (Lipinski definition) is 2. The van der Waals surface area contributed by atoms with Crippen LogP contribution in [-0.4, -0.2) is 49.2 Å². The minimum absolute atomic E-state index is 0.121. The van der Waals surface area contributed by atoms with Gasteiger partial charge >= 0.3 is 11.9 Å². The molecule has 0 amide bonds. The number of esters is 1. The number of carboxylic acids is 1. The number of rotatable bonds is 7. The summed E-state index contributed by atoms with van der Waals surface area (Å²) in [5.74, 6) is -0.364. The first-order chi connectivity index (χ1) is 11.0. The summed E-state index contributed by atoms with van der Waals surface area (Å²) in [7, 11) is 1.51. The fourth-order valence-electron chi connectivity index (χ4n) is 2.12. The summed E-state index contributed by atoms with van der Waals surface area (Å²) in [5, 5.41) is 11.6. The van der Waals surface area contributed by atoms with Crippen molar-refractivity contribution in [3.8, 4) is 11.5 Å². The molecule has 0 aromatic heterocycles. The topological polar surface area (TPSA) is 94.1 Å². The molecular formula is C15H19NO6S. The van der Waals surface area contributed by atoms with E-state index in [4.69, 9.17) is 19.3 Å². The van der Waals surface area contributed by atoms with Crippen LogP contribution in [0.15, 0.2) is 18.2 Å². The van der Waals surface area contributed by atoms with Crippen LogP contribution in [0, 0.1) is 0 Å². The van der Waals surface area contributed by atoms with Crippen molar-refractivity contribution in [3.05, 3.63) is 23.8 Å². The molecule has 126 valence electrons. The van der Waals surface area contributed by atoms with E-state index in [2.05, 4.69) is 5.32 Å². The molecule has 1 aliphatic rings. The Kier molecular flexibility index (Phi) is 6.12. The summed E-state index contributed by atoms with van der Waals surface area (Å²) in [6.45, 7) is 2.24. The average Bonchev–Trinajstić information content (AvgIpc) is 3.03. The largest absolute Gasteiger partial charge is 0.493 e. The fourth-order valence-corrected chi connectivity index (χ4v) is 3.26. The molecular weight excluding hydrogens is 322 g/mol. The molecule has 2 atom stereocenters. The van der Waals surface area contributed by atoms with Crippen LogP contribution in [0.5, 0.6) is 11.5 Å². The van der Waals surface area contributed by atoms with Crippen LogP contribution in [0.3, 0.4) is 0 Å². The number of carbonyl (C=O) groups excluding carboxylic acids is 1. The second kappa shape index (κ2) is 8.07. The van der Waals surface area contributed by atoms with Crippen molar-refractivity contribution < 1.29 is 28.9 Å². The lowest BCUT2D eigenvalue weighted by atomic mass is 10.2. The van der Waals surface area contributed by atoms with E-state index >= 15 is 0 Å². The van der Waals surface area contributed by atoms with Gasteiger partial charge in [-0.3, -0.25) is 10.1 Å². The van der Waals surface area contributed by atoms with Crippen molar-refractivity contribution >= 4 is 23.7 Å². The standard InChI is InChI=1S/C15H19NO6S/c1-3-21-13(17)8-22-10-5-4-9(6-11(10)20-2)14-16-7-12(23-14)15(18)19/h4-6,12,14,16H,3,7-8H2,1-2H3,(H,18,19)/t12-,14+/m0/s1. The van der Waals surface area contributed by atoms with Crippen molar-refractivity contribution in [1.82, 2.24) is 5.32 Å². The molecule has 1 saturated heterocycles. The van der Waals surface area contributed by atoms with Gasteiger partial charge in [0.2, 0.25) is 0 Å². The average molecular weight is 341 g/mol. The predicted molar refractivity (Wildman–Crippen MR) is 84.9 cm³/mol. The number of thioether (sulfide) groups is 1. The van der Waals surface area contributed by atoms with E-state index in [0.717, 1.165) is 5.56 Å². The summed E-state index contributed by atoms with van der Waals surface area (Å²) in [6, 6.07) is 5.29. The molecule has 7 nitrogen and oxygen atoms in total. The van der Waals surface area contributed by atoms with Crippen molar-refractivity contribution in [1.29, 1.82) is 0 Å². The van der Waals surface area contributed by atoms with Crippen LogP contribution < -0.4 is 14.8 Å². The zero-order valence-electron chi connectivity index (χ0n) is 12.9. The second-order valence-corrected chi connectivity index (χ2v) is 6.07. The molecule has 0 spiro atoms. The highest BCUT2D eigenvalue weighted by atomic mass is 32.2.